The first kappa shape index (κ1) is 18.5. The van der Waals surface area contributed by atoms with Gasteiger partial charge in [0.25, 0.3) is 5.56 Å². The van der Waals surface area contributed by atoms with Gasteiger partial charge < -0.3 is 0 Å². The van der Waals surface area contributed by atoms with Gasteiger partial charge in [-0.3, -0.25) is 13.9 Å². The van der Waals surface area contributed by atoms with Crippen LogP contribution in [-0.2, 0) is 13.1 Å². The largest absolute Gasteiger partial charge is 0.332 e. The van der Waals surface area contributed by atoms with Crippen LogP contribution in [0.4, 0.5) is 0 Å². The van der Waals surface area contributed by atoms with Gasteiger partial charge in [0.1, 0.15) is 0 Å². The molecule has 0 radical (unpaired) electrons. The lowest BCUT2D eigenvalue weighted by molar-refractivity contribution is 0.635. The molecule has 0 fully saturated rings. The molecule has 140 valence electrons. The first-order valence-electron chi connectivity index (χ1n) is 8.75. The molecule has 4 rings (SSSR count). The summed E-state index contributed by atoms with van der Waals surface area (Å²) in [7, 11) is 0. The number of benzene rings is 3. The maximum absolute atomic E-state index is 13.3. The van der Waals surface area contributed by atoms with Crippen molar-refractivity contribution in [2.75, 3.05) is 0 Å². The number of halogens is 2. The molecule has 0 bridgehead atoms. The maximum Gasteiger partial charge on any atom is 0.332 e. The predicted octanol–water partition coefficient (Wildman–Crippen LogP) is 4.57. The second-order valence-electron chi connectivity index (χ2n) is 6.46. The lowest BCUT2D eigenvalue weighted by atomic mass is 10.2. The normalized spacial score (nSPS) is 11.1. The van der Waals surface area contributed by atoms with Gasteiger partial charge >= 0.3 is 5.69 Å². The predicted molar refractivity (Wildman–Crippen MR) is 114 cm³/mol. The maximum atomic E-state index is 13.3. The van der Waals surface area contributed by atoms with E-state index in [4.69, 9.17) is 23.2 Å². The van der Waals surface area contributed by atoms with Gasteiger partial charge in [-0.15, -0.1) is 0 Å². The van der Waals surface area contributed by atoms with Gasteiger partial charge in [-0.2, -0.15) is 0 Å². The molecule has 0 aliphatic rings. The Morgan fingerprint density at radius 3 is 1.75 bits per heavy atom. The van der Waals surface area contributed by atoms with Crippen molar-refractivity contribution in [2.24, 2.45) is 0 Å². The number of nitrogens with zero attached hydrogens (tertiary/aromatic N) is 2. The van der Waals surface area contributed by atoms with Crippen LogP contribution < -0.4 is 11.2 Å². The van der Waals surface area contributed by atoms with Gasteiger partial charge in [-0.25, -0.2) is 4.79 Å². The van der Waals surface area contributed by atoms with Crippen molar-refractivity contribution in [2.45, 2.75) is 13.1 Å². The van der Waals surface area contributed by atoms with Gasteiger partial charge in [-0.05, 0) is 35.4 Å². The lowest BCUT2D eigenvalue weighted by Crippen LogP contribution is -2.40. The first-order chi connectivity index (χ1) is 13.6. The summed E-state index contributed by atoms with van der Waals surface area (Å²) in [6, 6.07) is 21.6. The Morgan fingerprint density at radius 2 is 1.14 bits per heavy atom. The van der Waals surface area contributed by atoms with Gasteiger partial charge in [0.05, 0.1) is 24.0 Å². The molecular formula is C22H16Cl2N2O2. The molecule has 0 saturated heterocycles. The zero-order chi connectivity index (χ0) is 19.7. The molecule has 4 aromatic rings. The summed E-state index contributed by atoms with van der Waals surface area (Å²) >= 11 is 12.5. The minimum Gasteiger partial charge on any atom is -0.289 e. The third-order valence-electron chi connectivity index (χ3n) is 4.70. The van der Waals surface area contributed by atoms with Crippen molar-refractivity contribution >= 4 is 34.1 Å². The fraction of sp³-hybridized carbons (Fsp3) is 0.0909. The summed E-state index contributed by atoms with van der Waals surface area (Å²) in [4.78, 5) is 26.3. The van der Waals surface area contributed by atoms with Crippen LogP contribution in [-0.4, -0.2) is 9.13 Å². The Kier molecular flexibility index (Phi) is 5.07. The third-order valence-corrected chi connectivity index (χ3v) is 5.44. The van der Waals surface area contributed by atoms with Crippen LogP contribution >= 0.6 is 23.2 Å². The quantitative estimate of drug-likeness (QED) is 0.494. The molecule has 0 amide bonds. The number of fused-ring (bicyclic) bond motifs is 1. The zero-order valence-corrected chi connectivity index (χ0v) is 16.3. The van der Waals surface area contributed by atoms with Gasteiger partial charge in [-0.1, -0.05) is 71.7 Å². The van der Waals surface area contributed by atoms with Gasteiger partial charge in [0, 0.05) is 10.0 Å². The molecule has 0 spiro atoms. The van der Waals surface area contributed by atoms with Crippen molar-refractivity contribution in [3.8, 4) is 0 Å². The Bertz CT molecular complexity index is 1290. The van der Waals surface area contributed by atoms with E-state index in [0.717, 1.165) is 5.56 Å². The fourth-order valence-corrected chi connectivity index (χ4v) is 3.65. The summed E-state index contributed by atoms with van der Waals surface area (Å²) in [5.41, 5.74) is 1.36. The highest BCUT2D eigenvalue weighted by molar-refractivity contribution is 6.31. The highest BCUT2D eigenvalue weighted by Crippen LogP contribution is 2.19. The van der Waals surface area contributed by atoms with Crippen LogP contribution in [0.15, 0.2) is 82.4 Å². The van der Waals surface area contributed by atoms with Crippen molar-refractivity contribution in [3.05, 3.63) is 115 Å². The molecule has 0 saturated carbocycles. The number of para-hydroxylation sites is 1. The van der Waals surface area contributed by atoms with E-state index in [1.54, 1.807) is 34.9 Å². The van der Waals surface area contributed by atoms with Crippen LogP contribution in [0.5, 0.6) is 0 Å². The second-order valence-corrected chi connectivity index (χ2v) is 7.27. The van der Waals surface area contributed by atoms with Crippen molar-refractivity contribution in [3.63, 3.8) is 0 Å². The molecule has 0 atom stereocenters. The molecule has 0 aliphatic heterocycles. The smallest absolute Gasteiger partial charge is 0.289 e. The van der Waals surface area contributed by atoms with Gasteiger partial charge in [0.2, 0.25) is 0 Å². The molecule has 0 N–H and O–H groups in total. The van der Waals surface area contributed by atoms with E-state index in [9.17, 15) is 9.59 Å². The number of hydrogen-bond acceptors (Lipinski definition) is 2. The highest BCUT2D eigenvalue weighted by Gasteiger charge is 2.15. The minimum absolute atomic E-state index is 0.102. The number of rotatable bonds is 4. The number of aromatic nitrogens is 2. The van der Waals surface area contributed by atoms with E-state index >= 15 is 0 Å². The first-order valence-corrected chi connectivity index (χ1v) is 9.51. The molecule has 28 heavy (non-hydrogen) atoms. The summed E-state index contributed by atoms with van der Waals surface area (Å²) in [5.74, 6) is 0. The van der Waals surface area contributed by atoms with Crippen LogP contribution in [0.1, 0.15) is 11.1 Å². The standard InChI is InChI=1S/C22H16Cl2N2O2/c23-18-10-4-1-7-15(18)13-25-20-12-6-3-9-17(20)21(27)26(22(25)28)14-16-8-2-5-11-19(16)24/h1-12H,13-14H2. The molecule has 4 nitrogen and oxygen atoms in total. The van der Waals surface area contributed by atoms with E-state index in [1.807, 2.05) is 42.5 Å². The van der Waals surface area contributed by atoms with Crippen LogP contribution in [0.3, 0.4) is 0 Å². The summed E-state index contributed by atoms with van der Waals surface area (Å²) in [5, 5.41) is 1.56. The Balaban J connectivity index is 1.94. The lowest BCUT2D eigenvalue weighted by Gasteiger charge is -2.15. The van der Waals surface area contributed by atoms with E-state index in [1.165, 1.54) is 4.57 Å². The van der Waals surface area contributed by atoms with E-state index in [-0.39, 0.29) is 18.6 Å². The summed E-state index contributed by atoms with van der Waals surface area (Å²) in [6.07, 6.45) is 0. The summed E-state index contributed by atoms with van der Waals surface area (Å²) in [6.45, 7) is 0.368. The molecule has 6 heteroatoms. The highest BCUT2D eigenvalue weighted by atomic mass is 35.5. The molecule has 0 aliphatic carbocycles. The topological polar surface area (TPSA) is 44.0 Å². The fourth-order valence-electron chi connectivity index (χ4n) is 3.26. The van der Waals surface area contributed by atoms with E-state index in [2.05, 4.69) is 0 Å². The monoisotopic (exact) mass is 410 g/mol. The molecular weight excluding hydrogens is 395 g/mol. The van der Waals surface area contributed by atoms with Crippen LogP contribution in [0.25, 0.3) is 10.9 Å². The number of hydrogen-bond donors (Lipinski definition) is 0. The van der Waals surface area contributed by atoms with Crippen LogP contribution in [0, 0.1) is 0 Å². The molecule has 1 aromatic heterocycles. The molecule has 0 unspecified atom stereocenters. The van der Waals surface area contributed by atoms with Crippen molar-refractivity contribution in [1.82, 2.24) is 9.13 Å². The van der Waals surface area contributed by atoms with E-state index in [0.29, 0.717) is 26.5 Å². The summed E-state index contributed by atoms with van der Waals surface area (Å²) < 4.78 is 2.80. The van der Waals surface area contributed by atoms with Gasteiger partial charge in [0.15, 0.2) is 0 Å². The average Bonchev–Trinajstić information content (AvgIpc) is 2.71. The van der Waals surface area contributed by atoms with E-state index < -0.39 is 5.69 Å². The minimum atomic E-state index is -0.400. The molecule has 3 aromatic carbocycles. The Hall–Kier alpha value is -2.82. The van der Waals surface area contributed by atoms with Crippen molar-refractivity contribution < 1.29 is 0 Å². The second kappa shape index (κ2) is 7.66. The Morgan fingerprint density at radius 1 is 0.643 bits per heavy atom. The zero-order valence-electron chi connectivity index (χ0n) is 14.8. The van der Waals surface area contributed by atoms with Crippen molar-refractivity contribution in [1.29, 1.82) is 0 Å². The van der Waals surface area contributed by atoms with Crippen LogP contribution in [0.2, 0.25) is 10.0 Å². The molecule has 1 heterocycles. The average molecular weight is 411 g/mol. The third kappa shape index (κ3) is 3.37. The SMILES string of the molecule is O=c1c2ccccc2n(Cc2ccccc2Cl)c(=O)n1Cc1ccccc1Cl. The Labute approximate surface area is 171 Å².